The van der Waals surface area contributed by atoms with Crippen molar-refractivity contribution in [3.8, 4) is 11.5 Å². The van der Waals surface area contributed by atoms with E-state index in [2.05, 4.69) is 15.8 Å². The van der Waals surface area contributed by atoms with Crippen molar-refractivity contribution in [1.29, 1.82) is 0 Å². The summed E-state index contributed by atoms with van der Waals surface area (Å²) in [6.07, 6.45) is -0.0827. The van der Waals surface area contributed by atoms with Crippen molar-refractivity contribution < 1.29 is 24.2 Å². The van der Waals surface area contributed by atoms with Crippen molar-refractivity contribution in [2.45, 2.75) is 32.7 Å². The van der Waals surface area contributed by atoms with E-state index < -0.39 is 17.5 Å². The molecule has 140 valence electrons. The van der Waals surface area contributed by atoms with Crippen LogP contribution in [0.25, 0.3) is 0 Å². The summed E-state index contributed by atoms with van der Waals surface area (Å²) < 4.78 is 5.01. The van der Waals surface area contributed by atoms with Crippen LogP contribution >= 0.6 is 0 Å². The molecule has 1 fully saturated rings. The van der Waals surface area contributed by atoms with Gasteiger partial charge in [0.05, 0.1) is 12.8 Å². The van der Waals surface area contributed by atoms with Gasteiger partial charge in [-0.05, 0) is 32.9 Å². The fourth-order valence-electron chi connectivity index (χ4n) is 2.44. The summed E-state index contributed by atoms with van der Waals surface area (Å²) in [6.45, 7) is 4.79. The van der Waals surface area contributed by atoms with Gasteiger partial charge in [-0.2, -0.15) is 5.10 Å². The molecule has 0 unspecified atom stereocenters. The number of phenols is 1. The van der Waals surface area contributed by atoms with Crippen molar-refractivity contribution in [3.05, 3.63) is 23.8 Å². The molecule has 2 rings (SSSR count). The van der Waals surface area contributed by atoms with Crippen LogP contribution < -0.4 is 15.5 Å². The van der Waals surface area contributed by atoms with Gasteiger partial charge >= 0.3 is 6.03 Å². The number of aromatic hydroxyl groups is 1. The van der Waals surface area contributed by atoms with Crippen molar-refractivity contribution in [2.24, 2.45) is 5.10 Å². The van der Waals surface area contributed by atoms with E-state index in [9.17, 15) is 19.5 Å². The maximum absolute atomic E-state index is 12.0. The minimum atomic E-state index is -0.964. The van der Waals surface area contributed by atoms with Gasteiger partial charge in [-0.25, -0.2) is 10.2 Å². The zero-order valence-corrected chi connectivity index (χ0v) is 15.1. The summed E-state index contributed by atoms with van der Waals surface area (Å²) >= 11 is 0. The molecule has 0 saturated carbocycles. The van der Waals surface area contributed by atoms with Crippen LogP contribution in [0.4, 0.5) is 4.79 Å². The third-order valence-electron chi connectivity index (χ3n) is 3.95. The van der Waals surface area contributed by atoms with Crippen molar-refractivity contribution >= 4 is 23.6 Å². The molecule has 1 aromatic carbocycles. The Kier molecular flexibility index (Phi) is 5.49. The number of carbonyl (C=O) groups excluding carboxylic acids is 3. The molecule has 4 amide bonds. The second-order valence-electron chi connectivity index (χ2n) is 6.38. The molecular formula is C17H22N4O5. The number of phenolic OH excluding ortho intramolecular Hbond substituents is 1. The molecule has 0 spiro atoms. The monoisotopic (exact) mass is 362 g/mol. The maximum Gasteiger partial charge on any atom is 0.325 e. The van der Waals surface area contributed by atoms with E-state index in [0.717, 1.165) is 4.90 Å². The summed E-state index contributed by atoms with van der Waals surface area (Å²) in [7, 11) is 1.49. The maximum atomic E-state index is 12.0. The lowest BCUT2D eigenvalue weighted by Crippen LogP contribution is -2.40. The topological polar surface area (TPSA) is 120 Å². The van der Waals surface area contributed by atoms with Gasteiger partial charge in [0.25, 0.3) is 5.91 Å². The second-order valence-corrected chi connectivity index (χ2v) is 6.38. The van der Waals surface area contributed by atoms with E-state index >= 15 is 0 Å². The Hall–Kier alpha value is -3.10. The first kappa shape index (κ1) is 19.2. The summed E-state index contributed by atoms with van der Waals surface area (Å²) in [5, 5.41) is 16.4. The van der Waals surface area contributed by atoms with Crippen LogP contribution in [0, 0.1) is 0 Å². The van der Waals surface area contributed by atoms with Crippen molar-refractivity contribution in [3.63, 3.8) is 0 Å². The van der Waals surface area contributed by atoms with Gasteiger partial charge in [0, 0.05) is 24.6 Å². The van der Waals surface area contributed by atoms with Crippen LogP contribution in [0.2, 0.25) is 0 Å². The Balaban J connectivity index is 1.93. The fraction of sp³-hybridized carbons (Fsp3) is 0.412. The Morgan fingerprint density at radius 3 is 2.62 bits per heavy atom. The normalized spacial score (nSPS) is 16.5. The van der Waals surface area contributed by atoms with Gasteiger partial charge in [-0.15, -0.1) is 0 Å². The number of benzene rings is 1. The zero-order valence-electron chi connectivity index (χ0n) is 15.1. The van der Waals surface area contributed by atoms with E-state index in [1.165, 1.54) is 13.2 Å². The molecule has 9 heteroatoms. The van der Waals surface area contributed by atoms with Crippen LogP contribution in [0.3, 0.4) is 0 Å². The van der Waals surface area contributed by atoms with Gasteiger partial charge in [-0.1, -0.05) is 0 Å². The molecule has 0 aromatic heterocycles. The molecule has 1 aromatic rings. The van der Waals surface area contributed by atoms with Gasteiger partial charge in [-0.3, -0.25) is 14.5 Å². The van der Waals surface area contributed by atoms with Crippen LogP contribution in [-0.2, 0) is 9.59 Å². The molecule has 0 aliphatic carbocycles. The average Bonchev–Trinajstić information content (AvgIpc) is 2.78. The lowest BCUT2D eigenvalue weighted by atomic mass is 10.1. The van der Waals surface area contributed by atoms with E-state index in [-0.39, 0.29) is 24.6 Å². The molecule has 9 nitrogen and oxygen atoms in total. The van der Waals surface area contributed by atoms with Gasteiger partial charge in [0.1, 0.15) is 17.0 Å². The molecule has 1 saturated heterocycles. The lowest BCUT2D eigenvalue weighted by Gasteiger charge is -2.15. The third-order valence-corrected chi connectivity index (χ3v) is 3.95. The molecule has 3 N–H and O–H groups in total. The highest BCUT2D eigenvalue weighted by Crippen LogP contribution is 2.23. The predicted octanol–water partition coefficient (Wildman–Crippen LogP) is 0.962. The number of nitrogens with one attached hydrogen (secondary N) is 2. The summed E-state index contributed by atoms with van der Waals surface area (Å²) in [6, 6.07) is 4.20. The molecule has 1 heterocycles. The summed E-state index contributed by atoms with van der Waals surface area (Å²) in [5.41, 5.74) is 2.23. The molecule has 26 heavy (non-hydrogen) atoms. The molecule has 0 atom stereocenters. The van der Waals surface area contributed by atoms with E-state index in [4.69, 9.17) is 4.74 Å². The molecular weight excluding hydrogens is 340 g/mol. The molecule has 1 aliphatic rings. The first-order chi connectivity index (χ1) is 12.2. The fourth-order valence-corrected chi connectivity index (χ4v) is 2.44. The highest BCUT2D eigenvalue weighted by atomic mass is 16.5. The lowest BCUT2D eigenvalue weighted by molar-refractivity contribution is -0.130. The number of nitrogens with zero attached hydrogens (tertiary/aromatic N) is 2. The van der Waals surface area contributed by atoms with Crippen LogP contribution in [0.1, 0.15) is 32.8 Å². The Labute approximate surface area is 151 Å². The number of carbonyl (C=O) groups is 3. The number of methoxy groups -OCH3 is 1. The predicted molar refractivity (Wildman–Crippen MR) is 94.0 cm³/mol. The first-order valence-corrected chi connectivity index (χ1v) is 8.00. The second kappa shape index (κ2) is 7.42. The number of hydrogen-bond acceptors (Lipinski definition) is 6. The SMILES string of the molecule is COc1ccc(/C(C)=N/NC(=O)CCN2C(=O)NC(C)(C)C2=O)c(O)c1. The molecule has 0 bridgehead atoms. The Morgan fingerprint density at radius 1 is 1.38 bits per heavy atom. The number of ether oxygens (including phenoxy) is 1. The zero-order chi connectivity index (χ0) is 19.5. The smallest absolute Gasteiger partial charge is 0.325 e. The highest BCUT2D eigenvalue weighted by molar-refractivity contribution is 6.06. The largest absolute Gasteiger partial charge is 0.507 e. The quantitative estimate of drug-likeness (QED) is 0.395. The number of rotatable bonds is 6. The van der Waals surface area contributed by atoms with E-state index in [0.29, 0.717) is 17.0 Å². The minimum absolute atomic E-state index is 0.0265. The molecule has 0 radical (unpaired) electrons. The number of imide groups is 1. The highest BCUT2D eigenvalue weighted by Gasteiger charge is 2.43. The van der Waals surface area contributed by atoms with Crippen molar-refractivity contribution in [2.75, 3.05) is 13.7 Å². The van der Waals surface area contributed by atoms with Gasteiger partial charge in [0.2, 0.25) is 5.91 Å². The number of amides is 4. The summed E-state index contributed by atoms with van der Waals surface area (Å²) in [4.78, 5) is 36.7. The van der Waals surface area contributed by atoms with Gasteiger partial charge in [0.15, 0.2) is 0 Å². The van der Waals surface area contributed by atoms with Crippen molar-refractivity contribution in [1.82, 2.24) is 15.6 Å². The third kappa shape index (κ3) is 4.11. The van der Waals surface area contributed by atoms with Crippen LogP contribution in [0.5, 0.6) is 11.5 Å². The number of urea groups is 1. The Bertz CT molecular complexity index is 772. The van der Waals surface area contributed by atoms with Crippen LogP contribution in [-0.4, -0.2) is 52.8 Å². The number of hydrogen-bond donors (Lipinski definition) is 3. The summed E-state index contributed by atoms with van der Waals surface area (Å²) in [5.74, 6) is -0.359. The molecule has 1 aliphatic heterocycles. The number of hydrazone groups is 1. The minimum Gasteiger partial charge on any atom is -0.507 e. The van der Waals surface area contributed by atoms with Crippen LogP contribution in [0.15, 0.2) is 23.3 Å². The van der Waals surface area contributed by atoms with E-state index in [1.807, 2.05) is 0 Å². The standard InChI is InChI=1S/C17H22N4O5/c1-10(12-6-5-11(26-4)9-13(12)22)19-20-14(23)7-8-21-15(24)17(2,3)18-16(21)25/h5-6,9,22H,7-8H2,1-4H3,(H,18,25)(H,20,23)/b19-10+. The van der Waals surface area contributed by atoms with Gasteiger partial charge < -0.3 is 15.2 Å². The average molecular weight is 362 g/mol. The van der Waals surface area contributed by atoms with E-state index in [1.54, 1.807) is 32.9 Å². The first-order valence-electron chi connectivity index (χ1n) is 8.00. The Morgan fingerprint density at radius 2 is 2.08 bits per heavy atom.